The van der Waals surface area contributed by atoms with Crippen molar-refractivity contribution in [3.63, 3.8) is 0 Å². The van der Waals surface area contributed by atoms with E-state index < -0.39 is 4.92 Å². The summed E-state index contributed by atoms with van der Waals surface area (Å²) in [7, 11) is 0. The Kier molecular flexibility index (Phi) is 2.24. The number of benzene rings is 1. The molecule has 12 heavy (non-hydrogen) atoms. The van der Waals surface area contributed by atoms with Crippen molar-refractivity contribution in [3.05, 3.63) is 52.1 Å². The maximum Gasteiger partial charge on any atom is 0.269 e. The van der Waals surface area contributed by atoms with Crippen molar-refractivity contribution >= 4 is 5.70 Å². The highest BCUT2D eigenvalue weighted by atomic mass is 16.6. The smallest absolute Gasteiger partial charge is 0.258 e. The van der Waals surface area contributed by atoms with Crippen molar-refractivity contribution in [3.8, 4) is 0 Å². The summed E-state index contributed by atoms with van der Waals surface area (Å²) in [5.41, 5.74) is 1.58. The molecule has 3 nitrogen and oxygen atoms in total. The Bertz CT molecular complexity index is 314. The van der Waals surface area contributed by atoms with Gasteiger partial charge in [0.1, 0.15) is 0 Å². The molecule has 0 aliphatic rings. The maximum atomic E-state index is 10.3. The van der Waals surface area contributed by atoms with Gasteiger partial charge in [0.05, 0.1) is 10.5 Å². The van der Waals surface area contributed by atoms with E-state index >= 15 is 0 Å². The van der Waals surface area contributed by atoms with Gasteiger partial charge in [0.2, 0.25) is 0 Å². The Labute approximate surface area is 70.5 Å². The second kappa shape index (κ2) is 3.17. The first-order chi connectivity index (χ1) is 5.61. The minimum atomic E-state index is -0.481. The van der Waals surface area contributed by atoms with Crippen LogP contribution in [0.15, 0.2) is 30.8 Å². The lowest BCUT2D eigenvalue weighted by atomic mass is 10.1. The second-order valence-electron chi connectivity index (χ2n) is 2.57. The minimum absolute atomic E-state index is 0.0602. The Morgan fingerprint density at radius 1 is 1.42 bits per heavy atom. The fraction of sp³-hybridized carbons (Fsp3) is 0.111. The van der Waals surface area contributed by atoms with Gasteiger partial charge in [-0.15, -0.1) is 0 Å². The first-order valence-corrected chi connectivity index (χ1v) is 3.51. The van der Waals surface area contributed by atoms with Crippen LogP contribution in [-0.2, 0) is 0 Å². The third-order valence-corrected chi connectivity index (χ3v) is 1.61. The third kappa shape index (κ3) is 1.69. The summed E-state index contributed by atoms with van der Waals surface area (Å²) in [6.07, 6.45) is 0. The second-order valence-corrected chi connectivity index (χ2v) is 2.57. The molecule has 62 valence electrons. The van der Waals surface area contributed by atoms with Crippen molar-refractivity contribution in [1.29, 1.82) is 0 Å². The number of rotatable bonds is 2. The molecule has 0 atom stereocenters. The van der Waals surface area contributed by atoms with E-state index in [1.807, 2.05) is 19.1 Å². The van der Waals surface area contributed by atoms with Gasteiger partial charge >= 0.3 is 0 Å². The van der Waals surface area contributed by atoms with Crippen LogP contribution in [0.4, 0.5) is 0 Å². The van der Waals surface area contributed by atoms with Gasteiger partial charge in [-0.25, -0.2) is 0 Å². The zero-order valence-corrected chi connectivity index (χ0v) is 6.78. The van der Waals surface area contributed by atoms with Gasteiger partial charge in [0.25, 0.3) is 5.70 Å². The van der Waals surface area contributed by atoms with E-state index in [2.05, 4.69) is 6.58 Å². The molecule has 0 N–H and O–H groups in total. The predicted molar refractivity (Wildman–Crippen MR) is 47.2 cm³/mol. The van der Waals surface area contributed by atoms with Crippen LogP contribution in [-0.4, -0.2) is 4.92 Å². The predicted octanol–water partition coefficient (Wildman–Crippen LogP) is 2.24. The number of aryl methyl sites for hydroxylation is 1. The maximum absolute atomic E-state index is 10.3. The number of nitrogens with zero attached hydrogens (tertiary/aromatic N) is 1. The van der Waals surface area contributed by atoms with E-state index in [0.29, 0.717) is 5.56 Å². The largest absolute Gasteiger partial charge is 0.269 e. The lowest BCUT2D eigenvalue weighted by molar-refractivity contribution is -0.375. The van der Waals surface area contributed by atoms with Crippen LogP contribution in [0.1, 0.15) is 11.1 Å². The molecule has 0 radical (unpaired) electrons. The fourth-order valence-electron chi connectivity index (χ4n) is 0.851. The van der Waals surface area contributed by atoms with Gasteiger partial charge < -0.3 is 0 Å². The van der Waals surface area contributed by atoms with Crippen molar-refractivity contribution in [2.24, 2.45) is 0 Å². The monoisotopic (exact) mass is 163 g/mol. The molecule has 0 aliphatic carbocycles. The normalized spacial score (nSPS) is 9.42. The summed E-state index contributed by atoms with van der Waals surface area (Å²) in [4.78, 5) is 9.81. The van der Waals surface area contributed by atoms with Crippen LogP contribution in [0.5, 0.6) is 0 Å². The van der Waals surface area contributed by atoms with Gasteiger partial charge in [-0.05, 0) is 25.6 Å². The van der Waals surface area contributed by atoms with Gasteiger partial charge in [0.15, 0.2) is 0 Å². The highest BCUT2D eigenvalue weighted by Crippen LogP contribution is 2.12. The molecule has 1 aromatic carbocycles. The summed E-state index contributed by atoms with van der Waals surface area (Å²) in [6.45, 7) is 5.28. The van der Waals surface area contributed by atoms with E-state index in [1.165, 1.54) is 0 Å². The molecule has 0 saturated carbocycles. The molecule has 1 aromatic rings. The molecule has 3 heteroatoms. The van der Waals surface area contributed by atoms with Gasteiger partial charge in [0, 0.05) is 0 Å². The molecule has 0 saturated heterocycles. The third-order valence-electron chi connectivity index (χ3n) is 1.61. The summed E-state index contributed by atoms with van der Waals surface area (Å²) < 4.78 is 0. The average molecular weight is 163 g/mol. The van der Waals surface area contributed by atoms with Crippen LogP contribution in [0.25, 0.3) is 5.70 Å². The van der Waals surface area contributed by atoms with E-state index in [9.17, 15) is 10.1 Å². The number of nitro groups is 1. The Balaban J connectivity index is 2.98. The van der Waals surface area contributed by atoms with Crippen LogP contribution in [0.2, 0.25) is 0 Å². The molecule has 0 aliphatic heterocycles. The molecule has 0 fully saturated rings. The van der Waals surface area contributed by atoms with Crippen molar-refractivity contribution in [2.45, 2.75) is 6.92 Å². The zero-order chi connectivity index (χ0) is 9.14. The lowest BCUT2D eigenvalue weighted by Gasteiger charge is -1.96. The minimum Gasteiger partial charge on any atom is -0.258 e. The number of hydrogen-bond acceptors (Lipinski definition) is 2. The van der Waals surface area contributed by atoms with E-state index in [-0.39, 0.29) is 5.70 Å². The van der Waals surface area contributed by atoms with Crippen LogP contribution in [0, 0.1) is 17.0 Å². The quantitative estimate of drug-likeness (QED) is 0.495. The topological polar surface area (TPSA) is 43.1 Å². The molecule has 0 amide bonds. The molecule has 0 bridgehead atoms. The van der Waals surface area contributed by atoms with Crippen LogP contribution in [0.3, 0.4) is 0 Å². The Morgan fingerprint density at radius 3 is 2.33 bits per heavy atom. The van der Waals surface area contributed by atoms with E-state index in [0.717, 1.165) is 5.56 Å². The summed E-state index contributed by atoms with van der Waals surface area (Å²) >= 11 is 0. The van der Waals surface area contributed by atoms with Gasteiger partial charge in [-0.1, -0.05) is 17.7 Å². The molecule has 0 aromatic heterocycles. The molecular formula is C9H9NO2. The van der Waals surface area contributed by atoms with Crippen molar-refractivity contribution < 1.29 is 4.92 Å². The number of hydrogen-bond donors (Lipinski definition) is 0. The summed E-state index contributed by atoms with van der Waals surface area (Å²) in [5.74, 6) is 0. The fourth-order valence-corrected chi connectivity index (χ4v) is 0.851. The highest BCUT2D eigenvalue weighted by molar-refractivity contribution is 5.56. The van der Waals surface area contributed by atoms with Crippen molar-refractivity contribution in [1.82, 2.24) is 0 Å². The van der Waals surface area contributed by atoms with Gasteiger partial charge in [-0.2, -0.15) is 0 Å². The average Bonchev–Trinajstić information content (AvgIpc) is 2.04. The van der Waals surface area contributed by atoms with Crippen molar-refractivity contribution in [2.75, 3.05) is 0 Å². The zero-order valence-electron chi connectivity index (χ0n) is 6.78. The standard InChI is InChI=1S/C9H9NO2/c1-7-3-5-9(6-4-7)8(2)10(11)12/h3-6H,2H2,1H3. The Morgan fingerprint density at radius 2 is 1.92 bits per heavy atom. The van der Waals surface area contributed by atoms with E-state index in [1.54, 1.807) is 12.1 Å². The van der Waals surface area contributed by atoms with Crippen LogP contribution < -0.4 is 0 Å². The first-order valence-electron chi connectivity index (χ1n) is 3.51. The van der Waals surface area contributed by atoms with Crippen LogP contribution >= 0.6 is 0 Å². The van der Waals surface area contributed by atoms with E-state index in [4.69, 9.17) is 0 Å². The highest BCUT2D eigenvalue weighted by Gasteiger charge is 2.08. The first kappa shape index (κ1) is 8.46. The van der Waals surface area contributed by atoms with Gasteiger partial charge in [-0.3, -0.25) is 10.1 Å². The Hall–Kier alpha value is -1.64. The molecular weight excluding hydrogens is 154 g/mol. The molecule has 0 heterocycles. The summed E-state index contributed by atoms with van der Waals surface area (Å²) in [6, 6.07) is 7.04. The molecule has 1 rings (SSSR count). The lowest BCUT2D eigenvalue weighted by Crippen LogP contribution is -1.95. The summed E-state index contributed by atoms with van der Waals surface area (Å²) in [5, 5.41) is 10.3. The molecule has 0 unspecified atom stereocenters. The molecule has 0 spiro atoms. The SMILES string of the molecule is C=C(c1ccc(C)cc1)[N+](=O)[O-].